The molecule has 0 N–H and O–H groups in total. The largest absolute Gasteiger partial charge is 0.494 e. The van der Waals surface area contributed by atoms with Gasteiger partial charge in [0.15, 0.2) is 0 Å². The van der Waals surface area contributed by atoms with Crippen LogP contribution in [0.2, 0.25) is 0 Å². The first kappa shape index (κ1) is 13.8. The molecule has 0 aromatic heterocycles. The number of rotatable bonds is 2. The fourth-order valence-corrected chi connectivity index (χ4v) is 4.60. The maximum atomic E-state index is 6.18. The fourth-order valence-electron chi connectivity index (χ4n) is 4.60. The molecule has 1 heterocycles. The summed E-state index contributed by atoms with van der Waals surface area (Å²) in [5.74, 6) is 0. The second-order valence-corrected chi connectivity index (χ2v) is 8.84. The van der Waals surface area contributed by atoms with Crippen LogP contribution in [-0.2, 0) is 14.7 Å². The molecule has 1 aromatic rings. The molecule has 4 fully saturated rings. The molecular weight excluding hydrogens is 259 g/mol. The monoisotopic (exact) mass is 284 g/mol. The molecule has 3 aliphatic carbocycles. The summed E-state index contributed by atoms with van der Waals surface area (Å²) in [6, 6.07) is 8.91. The molecule has 0 amide bonds. The normalized spacial score (nSPS) is 38.8. The lowest BCUT2D eigenvalue weighted by atomic mass is 9.34. The Morgan fingerprint density at radius 1 is 0.905 bits per heavy atom. The maximum absolute atomic E-state index is 6.18. The molecule has 2 nitrogen and oxygen atoms in total. The van der Waals surface area contributed by atoms with Crippen molar-refractivity contribution in [1.82, 2.24) is 0 Å². The Balaban J connectivity index is 1.60. The summed E-state index contributed by atoms with van der Waals surface area (Å²) in [6.07, 6.45) is 4.06. The Kier molecular flexibility index (Phi) is 2.47. The van der Waals surface area contributed by atoms with Crippen molar-refractivity contribution in [2.75, 3.05) is 0 Å². The van der Waals surface area contributed by atoms with Crippen LogP contribution in [0.15, 0.2) is 24.3 Å². The van der Waals surface area contributed by atoms with Gasteiger partial charge in [-0.25, -0.2) is 0 Å². The first-order valence-corrected chi connectivity index (χ1v) is 8.11. The van der Waals surface area contributed by atoms with E-state index in [1.165, 1.54) is 30.3 Å². The van der Waals surface area contributed by atoms with Crippen LogP contribution in [0.5, 0.6) is 0 Å². The molecule has 2 bridgehead atoms. The van der Waals surface area contributed by atoms with E-state index in [0.29, 0.717) is 10.8 Å². The van der Waals surface area contributed by atoms with E-state index in [-0.39, 0.29) is 18.3 Å². The minimum Gasteiger partial charge on any atom is -0.399 e. The van der Waals surface area contributed by atoms with Crippen molar-refractivity contribution in [2.45, 2.75) is 70.5 Å². The third-order valence-corrected chi connectivity index (χ3v) is 6.32. The molecule has 112 valence electrons. The van der Waals surface area contributed by atoms with E-state index >= 15 is 0 Å². The predicted octanol–water partition coefficient (Wildman–Crippen LogP) is 3.43. The summed E-state index contributed by atoms with van der Waals surface area (Å²) >= 11 is 0. The van der Waals surface area contributed by atoms with Crippen molar-refractivity contribution in [3.05, 3.63) is 29.8 Å². The summed E-state index contributed by atoms with van der Waals surface area (Å²) in [6.45, 7) is 10.8. The molecule has 0 radical (unpaired) electrons. The molecule has 0 spiro atoms. The van der Waals surface area contributed by atoms with Crippen molar-refractivity contribution in [3.63, 3.8) is 0 Å². The Morgan fingerprint density at radius 3 is 2.00 bits per heavy atom. The topological polar surface area (TPSA) is 18.5 Å². The Hall–Kier alpha value is -0.795. The summed E-state index contributed by atoms with van der Waals surface area (Å²) in [4.78, 5) is 0. The van der Waals surface area contributed by atoms with Gasteiger partial charge in [0.1, 0.15) is 0 Å². The van der Waals surface area contributed by atoms with Crippen LogP contribution >= 0.6 is 0 Å². The molecule has 0 atom stereocenters. The van der Waals surface area contributed by atoms with Crippen molar-refractivity contribution >= 4 is 12.6 Å². The molecule has 0 unspecified atom stereocenters. The van der Waals surface area contributed by atoms with E-state index in [0.717, 1.165) is 0 Å². The highest BCUT2D eigenvalue weighted by Gasteiger charge is 2.65. The number of benzene rings is 1. The van der Waals surface area contributed by atoms with Gasteiger partial charge in [-0.05, 0) is 68.8 Å². The third kappa shape index (κ3) is 1.80. The van der Waals surface area contributed by atoms with E-state index in [9.17, 15) is 0 Å². The summed E-state index contributed by atoms with van der Waals surface area (Å²) in [7, 11) is -0.238. The highest BCUT2D eigenvalue weighted by molar-refractivity contribution is 6.62. The van der Waals surface area contributed by atoms with Crippen LogP contribution in [0.3, 0.4) is 0 Å². The molecule has 3 heteroatoms. The van der Waals surface area contributed by atoms with Gasteiger partial charge >= 0.3 is 7.12 Å². The second-order valence-electron chi connectivity index (χ2n) is 8.84. The van der Waals surface area contributed by atoms with Crippen LogP contribution < -0.4 is 5.46 Å². The van der Waals surface area contributed by atoms with E-state index in [4.69, 9.17) is 9.31 Å². The lowest BCUT2D eigenvalue weighted by molar-refractivity contribution is -0.125. The van der Waals surface area contributed by atoms with Crippen molar-refractivity contribution in [1.29, 1.82) is 0 Å². The lowest BCUT2D eigenvalue weighted by Gasteiger charge is -2.70. The highest BCUT2D eigenvalue weighted by Crippen LogP contribution is 2.73. The Labute approximate surface area is 128 Å². The van der Waals surface area contributed by atoms with Gasteiger partial charge in [0.05, 0.1) is 11.2 Å². The maximum Gasteiger partial charge on any atom is 0.494 e. The SMILES string of the molecule is CC12CC(c3cccc(B4OC(C)(C)C(C)(C)O4)c3)(C1)C2. The van der Waals surface area contributed by atoms with Gasteiger partial charge < -0.3 is 9.31 Å². The predicted molar refractivity (Wildman–Crippen MR) is 85.8 cm³/mol. The summed E-state index contributed by atoms with van der Waals surface area (Å²) in [5.41, 5.74) is 3.23. The van der Waals surface area contributed by atoms with Crippen molar-refractivity contribution < 1.29 is 9.31 Å². The fraction of sp³-hybridized carbons (Fsp3) is 0.667. The zero-order chi connectivity index (χ0) is 15.1. The second kappa shape index (κ2) is 3.75. The van der Waals surface area contributed by atoms with Crippen molar-refractivity contribution in [2.24, 2.45) is 5.41 Å². The van der Waals surface area contributed by atoms with Gasteiger partial charge in [-0.2, -0.15) is 0 Å². The van der Waals surface area contributed by atoms with Crippen LogP contribution in [-0.4, -0.2) is 18.3 Å². The van der Waals surface area contributed by atoms with Gasteiger partial charge in [0, 0.05) is 0 Å². The van der Waals surface area contributed by atoms with Gasteiger partial charge in [-0.1, -0.05) is 31.2 Å². The van der Waals surface area contributed by atoms with Gasteiger partial charge in [-0.3, -0.25) is 0 Å². The van der Waals surface area contributed by atoms with E-state index in [2.05, 4.69) is 58.9 Å². The molecular formula is C18H25BO2. The van der Waals surface area contributed by atoms with E-state index in [1.807, 2.05) is 0 Å². The zero-order valence-electron chi connectivity index (χ0n) is 13.8. The Morgan fingerprint density at radius 2 is 1.48 bits per heavy atom. The molecule has 4 aliphatic rings. The average molecular weight is 284 g/mol. The van der Waals surface area contributed by atoms with E-state index < -0.39 is 0 Å². The van der Waals surface area contributed by atoms with Crippen LogP contribution in [0, 0.1) is 5.41 Å². The minimum absolute atomic E-state index is 0.238. The van der Waals surface area contributed by atoms with Gasteiger partial charge in [-0.15, -0.1) is 0 Å². The van der Waals surface area contributed by atoms with Crippen LogP contribution in [0.25, 0.3) is 0 Å². The van der Waals surface area contributed by atoms with Crippen LogP contribution in [0.4, 0.5) is 0 Å². The van der Waals surface area contributed by atoms with Gasteiger partial charge in [0.25, 0.3) is 0 Å². The van der Waals surface area contributed by atoms with Crippen molar-refractivity contribution in [3.8, 4) is 0 Å². The Bertz CT molecular complexity index is 569. The first-order chi connectivity index (χ1) is 9.65. The average Bonchev–Trinajstić information content (AvgIpc) is 2.54. The lowest BCUT2D eigenvalue weighted by Crippen LogP contribution is -2.63. The summed E-state index contributed by atoms with van der Waals surface area (Å²) < 4.78 is 12.4. The quantitative estimate of drug-likeness (QED) is 0.775. The smallest absolute Gasteiger partial charge is 0.399 e. The highest BCUT2D eigenvalue weighted by atomic mass is 16.7. The first-order valence-electron chi connectivity index (χ1n) is 8.11. The standard InChI is InChI=1S/C18H25BO2/c1-15(2)16(3,4)21-19(20-15)14-8-6-7-13(9-14)18-10-17(5,11-18)12-18/h6-9H,10-12H2,1-5H3. The molecule has 1 aliphatic heterocycles. The molecule has 21 heavy (non-hydrogen) atoms. The minimum atomic E-state index is -0.266. The molecule has 1 aromatic carbocycles. The molecule has 5 rings (SSSR count). The van der Waals surface area contributed by atoms with Gasteiger partial charge in [0.2, 0.25) is 0 Å². The molecule has 1 saturated heterocycles. The summed E-state index contributed by atoms with van der Waals surface area (Å²) in [5, 5.41) is 0. The zero-order valence-corrected chi connectivity index (χ0v) is 13.8. The molecule has 3 saturated carbocycles. The van der Waals surface area contributed by atoms with E-state index in [1.54, 1.807) is 0 Å². The third-order valence-electron chi connectivity index (χ3n) is 6.32. The number of hydrogen-bond acceptors (Lipinski definition) is 2. The van der Waals surface area contributed by atoms with Crippen LogP contribution in [0.1, 0.15) is 59.4 Å². The number of hydrogen-bond donors (Lipinski definition) is 0.